The van der Waals surface area contributed by atoms with Crippen molar-refractivity contribution >= 4 is 46.3 Å². The molecule has 252 valence electrons. The van der Waals surface area contributed by atoms with Crippen LogP contribution >= 0.6 is 11.6 Å². The number of rotatable bonds is 4. The molecule has 0 saturated carbocycles. The number of hydrogen-bond donors (Lipinski definition) is 1. The molecule has 0 spiro atoms. The fourth-order valence-corrected chi connectivity index (χ4v) is 5.08. The van der Waals surface area contributed by atoms with Crippen LogP contribution in [0.3, 0.4) is 0 Å². The summed E-state index contributed by atoms with van der Waals surface area (Å²) in [5.41, 5.74) is 2.60. The van der Waals surface area contributed by atoms with Crippen LogP contribution in [0.5, 0.6) is 0 Å². The largest absolute Gasteiger partial charge is 0.454 e. The van der Waals surface area contributed by atoms with Gasteiger partial charge in [-0.2, -0.15) is 0 Å². The first-order valence-electron chi connectivity index (χ1n) is 14.9. The molecule has 0 fully saturated rings. The Morgan fingerprint density at radius 3 is 1.69 bits per heavy atom. The highest BCUT2D eigenvalue weighted by molar-refractivity contribution is 6.61. The monoisotopic (exact) mass is 676 g/mol. The SMILES string of the molecule is C.CC(C)c1nc2c([nH]1)C(=O)C(=O)c1ccccc1-2.CCOC(=O)Cl.CCOC(=O)n1c(C(C)C)nc2c1C(=O)C(=O)c1ccccc1-2. The maximum atomic E-state index is 12.5. The molecule has 2 heterocycles. The molecule has 2 aliphatic rings. The van der Waals surface area contributed by atoms with Gasteiger partial charge in [-0.15, -0.1) is 0 Å². The highest BCUT2D eigenvalue weighted by Gasteiger charge is 2.38. The van der Waals surface area contributed by atoms with Gasteiger partial charge in [0.1, 0.15) is 34.4 Å². The van der Waals surface area contributed by atoms with Gasteiger partial charge in [-0.1, -0.05) is 83.7 Å². The van der Waals surface area contributed by atoms with Gasteiger partial charge in [0, 0.05) is 45.7 Å². The standard InChI is InChI=1S/C17H16N2O4.C14H12N2O2.C3H5ClO2.CH4/c1-4-23-17(22)19-13-12(18-16(19)9(2)3)10-7-5-6-8-11(10)14(20)15(13)21;1-7(2)14-15-10-8-5-3-4-6-9(8)12(17)13(18)11(10)16-14;1-2-6-3(4)5;/h5-9H,4H2,1-3H3;3-7H,1-2H3,(H,15,16);2H2,1H3;1H4. The molecular weight excluding hydrogens is 640 g/mol. The predicted molar refractivity (Wildman–Crippen MR) is 179 cm³/mol. The minimum Gasteiger partial charge on any atom is -0.454 e. The van der Waals surface area contributed by atoms with E-state index in [1.807, 2.05) is 39.8 Å². The lowest BCUT2D eigenvalue weighted by molar-refractivity contribution is 0.0808. The number of H-pyrrole nitrogens is 1. The zero-order valence-electron chi connectivity index (χ0n) is 26.7. The van der Waals surface area contributed by atoms with Crippen molar-refractivity contribution in [2.45, 2.75) is 60.8 Å². The number of carbonyl (C=O) groups is 6. The molecule has 0 saturated heterocycles. The molecular formula is C35H37ClN4O8. The van der Waals surface area contributed by atoms with Gasteiger partial charge in [-0.3, -0.25) is 19.2 Å². The quantitative estimate of drug-likeness (QED) is 0.167. The van der Waals surface area contributed by atoms with E-state index in [0.29, 0.717) is 46.2 Å². The molecule has 1 N–H and O–H groups in total. The van der Waals surface area contributed by atoms with Crippen molar-refractivity contribution in [3.8, 4) is 22.5 Å². The van der Waals surface area contributed by atoms with E-state index in [2.05, 4.69) is 19.7 Å². The number of aromatic nitrogens is 4. The zero-order valence-corrected chi connectivity index (χ0v) is 27.4. The van der Waals surface area contributed by atoms with Crippen LogP contribution in [0.2, 0.25) is 0 Å². The second kappa shape index (κ2) is 15.6. The van der Waals surface area contributed by atoms with Crippen LogP contribution < -0.4 is 0 Å². The number of nitrogens with zero attached hydrogens (tertiary/aromatic N) is 3. The summed E-state index contributed by atoms with van der Waals surface area (Å²) in [5.74, 6) is -1.10. The first-order valence-corrected chi connectivity index (χ1v) is 15.3. The van der Waals surface area contributed by atoms with Crippen molar-refractivity contribution < 1.29 is 38.2 Å². The maximum Gasteiger partial charge on any atom is 0.420 e. The molecule has 0 unspecified atom stereocenters. The van der Waals surface area contributed by atoms with Gasteiger partial charge >= 0.3 is 11.5 Å². The number of benzene rings is 2. The first kappa shape index (κ1) is 37.2. The molecule has 0 bridgehead atoms. The number of nitrogens with one attached hydrogen (secondary N) is 1. The van der Waals surface area contributed by atoms with Gasteiger partial charge in [0.05, 0.1) is 13.2 Å². The van der Waals surface area contributed by atoms with Gasteiger partial charge in [0.25, 0.3) is 11.6 Å². The van der Waals surface area contributed by atoms with Crippen molar-refractivity contribution in [2.75, 3.05) is 13.2 Å². The van der Waals surface area contributed by atoms with Crippen molar-refractivity contribution in [3.63, 3.8) is 0 Å². The smallest absolute Gasteiger partial charge is 0.420 e. The lowest BCUT2D eigenvalue weighted by atomic mass is 9.90. The number of aromatic amines is 1. The maximum absolute atomic E-state index is 12.5. The second-order valence-electron chi connectivity index (χ2n) is 10.9. The van der Waals surface area contributed by atoms with Gasteiger partial charge in [-0.05, 0) is 13.8 Å². The fraction of sp³-hybridized carbons (Fsp3) is 0.314. The Morgan fingerprint density at radius 1 is 0.729 bits per heavy atom. The summed E-state index contributed by atoms with van der Waals surface area (Å²) in [7, 11) is 0. The fourth-order valence-electron chi connectivity index (χ4n) is 4.97. The minimum absolute atomic E-state index is 0. The molecule has 0 aliphatic heterocycles. The predicted octanol–water partition coefficient (Wildman–Crippen LogP) is 7.65. The Morgan fingerprint density at radius 2 is 1.23 bits per heavy atom. The molecule has 0 amide bonds. The normalized spacial score (nSPS) is 12.4. The third-order valence-electron chi connectivity index (χ3n) is 7.11. The van der Waals surface area contributed by atoms with Crippen LogP contribution in [-0.4, -0.2) is 67.4 Å². The van der Waals surface area contributed by atoms with Crippen molar-refractivity contribution in [3.05, 3.63) is 82.7 Å². The number of hydrogen-bond acceptors (Lipinski definition) is 10. The highest BCUT2D eigenvalue weighted by atomic mass is 35.5. The molecule has 2 aliphatic carbocycles. The molecule has 0 radical (unpaired) electrons. The van der Waals surface area contributed by atoms with E-state index < -0.39 is 34.7 Å². The van der Waals surface area contributed by atoms with Gasteiger partial charge < -0.3 is 14.5 Å². The summed E-state index contributed by atoms with van der Waals surface area (Å²) in [6, 6.07) is 13.9. The molecule has 0 atom stereocenters. The number of carbonyl (C=O) groups excluding carboxylic acids is 6. The van der Waals surface area contributed by atoms with Gasteiger partial charge in [0.15, 0.2) is 0 Å². The summed E-state index contributed by atoms with van der Waals surface area (Å²) in [6.07, 6.45) is -0.689. The van der Waals surface area contributed by atoms with E-state index in [-0.39, 0.29) is 31.6 Å². The highest BCUT2D eigenvalue weighted by Crippen LogP contribution is 2.35. The molecule has 48 heavy (non-hydrogen) atoms. The average Bonchev–Trinajstić information content (AvgIpc) is 3.68. The second-order valence-corrected chi connectivity index (χ2v) is 11.2. The van der Waals surface area contributed by atoms with Crippen LogP contribution in [0.4, 0.5) is 9.59 Å². The molecule has 2 aromatic carbocycles. The number of ether oxygens (including phenoxy) is 2. The van der Waals surface area contributed by atoms with Crippen molar-refractivity contribution in [1.82, 2.24) is 19.5 Å². The summed E-state index contributed by atoms with van der Waals surface area (Å²) < 4.78 is 10.3. The van der Waals surface area contributed by atoms with E-state index in [1.54, 1.807) is 50.2 Å². The Kier molecular flexibility index (Phi) is 12.1. The number of halogens is 1. The third kappa shape index (κ3) is 7.18. The number of imidazole rings is 2. The average molecular weight is 677 g/mol. The van der Waals surface area contributed by atoms with Gasteiger partial charge in [-0.25, -0.2) is 24.1 Å². The van der Waals surface area contributed by atoms with Crippen LogP contribution in [0.15, 0.2) is 48.5 Å². The minimum atomic E-state index is -0.738. The van der Waals surface area contributed by atoms with Crippen molar-refractivity contribution in [2.24, 2.45) is 0 Å². The van der Waals surface area contributed by atoms with Crippen LogP contribution in [-0.2, 0) is 9.47 Å². The van der Waals surface area contributed by atoms with E-state index in [0.717, 1.165) is 16.0 Å². The van der Waals surface area contributed by atoms with Crippen LogP contribution in [0.25, 0.3) is 22.5 Å². The molecule has 13 heteroatoms. The topological polar surface area (TPSA) is 167 Å². The molecule has 4 aromatic rings. The van der Waals surface area contributed by atoms with E-state index in [4.69, 9.17) is 16.3 Å². The molecule has 12 nitrogen and oxygen atoms in total. The summed E-state index contributed by atoms with van der Waals surface area (Å²) in [5, 5.41) is 0. The van der Waals surface area contributed by atoms with E-state index >= 15 is 0 Å². The number of Topliss-reactive ketones (excluding diaryl/α,β-unsaturated/α-hetero) is 4. The number of ketones is 4. The summed E-state index contributed by atoms with van der Waals surface area (Å²) in [6.45, 7) is 11.6. The Balaban J connectivity index is 0.000000223. The Hall–Kier alpha value is -5.23. The zero-order chi connectivity index (χ0) is 34.6. The van der Waals surface area contributed by atoms with E-state index in [9.17, 15) is 28.8 Å². The third-order valence-corrected chi connectivity index (χ3v) is 7.21. The van der Waals surface area contributed by atoms with E-state index in [1.165, 1.54) is 0 Å². The Bertz CT molecular complexity index is 1900. The number of fused-ring (bicyclic) bond motifs is 6. The van der Waals surface area contributed by atoms with Crippen molar-refractivity contribution in [1.29, 1.82) is 0 Å². The molecule has 6 rings (SSSR count). The molecule has 2 aromatic heterocycles. The lowest BCUT2D eigenvalue weighted by Crippen LogP contribution is -2.28. The van der Waals surface area contributed by atoms with Crippen LogP contribution in [0.1, 0.15) is 114 Å². The first-order chi connectivity index (χ1) is 22.3. The van der Waals surface area contributed by atoms with Gasteiger partial charge in [0.2, 0.25) is 11.6 Å². The Labute approximate surface area is 282 Å². The lowest BCUT2D eigenvalue weighted by Gasteiger charge is -2.15. The summed E-state index contributed by atoms with van der Waals surface area (Å²) in [4.78, 5) is 82.6. The van der Waals surface area contributed by atoms with Crippen LogP contribution in [0, 0.1) is 0 Å². The summed E-state index contributed by atoms with van der Waals surface area (Å²) >= 11 is 4.72.